The van der Waals surface area contributed by atoms with Crippen molar-refractivity contribution in [1.82, 2.24) is 14.8 Å². The zero-order valence-corrected chi connectivity index (χ0v) is 10.8. The normalized spacial score (nSPS) is 10.8. The minimum Gasteiger partial charge on any atom is -0.437 e. The molecule has 0 unspecified atom stereocenters. The Hall–Kier alpha value is -2.56. The van der Waals surface area contributed by atoms with Gasteiger partial charge in [-0.25, -0.2) is 4.68 Å². The molecule has 5 heteroatoms. The van der Waals surface area contributed by atoms with Crippen LogP contribution in [-0.2, 0) is 7.05 Å². The summed E-state index contributed by atoms with van der Waals surface area (Å²) in [6.45, 7) is 1.92. The lowest BCUT2D eigenvalue weighted by Gasteiger charge is -2.10. The molecule has 1 aromatic carbocycles. The summed E-state index contributed by atoms with van der Waals surface area (Å²) in [6.07, 6.45) is 1.74. The second-order valence-corrected chi connectivity index (χ2v) is 4.40. The van der Waals surface area contributed by atoms with Crippen LogP contribution in [0.3, 0.4) is 0 Å². The fourth-order valence-electron chi connectivity index (χ4n) is 2.04. The molecule has 0 aliphatic carbocycles. The van der Waals surface area contributed by atoms with Gasteiger partial charge in [-0.2, -0.15) is 5.10 Å². The van der Waals surface area contributed by atoms with Gasteiger partial charge in [0.25, 0.3) is 0 Å². The molecule has 0 aliphatic heterocycles. The Bertz CT molecular complexity index is 748. The molecule has 5 nitrogen and oxygen atoms in total. The number of anilines is 1. The number of nitrogen functional groups attached to an aromatic ring is 1. The van der Waals surface area contributed by atoms with E-state index < -0.39 is 0 Å². The lowest BCUT2D eigenvalue weighted by Crippen LogP contribution is -1.98. The van der Waals surface area contributed by atoms with Crippen LogP contribution in [0.1, 0.15) is 5.69 Å². The SMILES string of the molecule is Cc1cc(Oc2ccc3ncccc3c2N)n(C)n1. The van der Waals surface area contributed by atoms with Crippen LogP contribution >= 0.6 is 0 Å². The van der Waals surface area contributed by atoms with Crippen LogP contribution in [0, 0.1) is 6.92 Å². The van der Waals surface area contributed by atoms with Gasteiger partial charge < -0.3 is 10.5 Å². The van der Waals surface area contributed by atoms with E-state index in [1.165, 1.54) is 0 Å². The molecule has 2 N–H and O–H groups in total. The molecule has 0 spiro atoms. The summed E-state index contributed by atoms with van der Waals surface area (Å²) in [5, 5.41) is 5.13. The maximum atomic E-state index is 6.13. The van der Waals surface area contributed by atoms with Gasteiger partial charge in [-0.15, -0.1) is 0 Å². The van der Waals surface area contributed by atoms with Crippen LogP contribution in [0.15, 0.2) is 36.5 Å². The monoisotopic (exact) mass is 254 g/mol. The summed E-state index contributed by atoms with van der Waals surface area (Å²) in [6, 6.07) is 9.37. The number of aromatic nitrogens is 3. The molecule has 0 aliphatic rings. The molecule has 3 aromatic rings. The summed E-state index contributed by atoms with van der Waals surface area (Å²) in [5.41, 5.74) is 8.47. The van der Waals surface area contributed by atoms with Crippen molar-refractivity contribution in [3.63, 3.8) is 0 Å². The van der Waals surface area contributed by atoms with E-state index >= 15 is 0 Å². The highest BCUT2D eigenvalue weighted by atomic mass is 16.5. The molecular formula is C14H14N4O. The van der Waals surface area contributed by atoms with Gasteiger partial charge in [0.2, 0.25) is 5.88 Å². The van der Waals surface area contributed by atoms with Gasteiger partial charge in [-0.3, -0.25) is 4.98 Å². The van der Waals surface area contributed by atoms with E-state index in [-0.39, 0.29) is 0 Å². The summed E-state index contributed by atoms with van der Waals surface area (Å²) in [4.78, 5) is 4.26. The zero-order valence-electron chi connectivity index (χ0n) is 10.8. The van der Waals surface area contributed by atoms with Crippen LogP contribution in [0.4, 0.5) is 5.69 Å². The molecule has 96 valence electrons. The van der Waals surface area contributed by atoms with Crippen molar-refractivity contribution in [3.05, 3.63) is 42.2 Å². The quantitative estimate of drug-likeness (QED) is 0.714. The van der Waals surface area contributed by atoms with Crippen molar-refractivity contribution in [2.45, 2.75) is 6.92 Å². The van der Waals surface area contributed by atoms with Gasteiger partial charge in [-0.05, 0) is 31.2 Å². The van der Waals surface area contributed by atoms with E-state index in [9.17, 15) is 0 Å². The first-order valence-corrected chi connectivity index (χ1v) is 5.97. The molecule has 0 amide bonds. The second-order valence-electron chi connectivity index (χ2n) is 4.40. The van der Waals surface area contributed by atoms with Gasteiger partial charge in [0, 0.05) is 24.7 Å². The number of aryl methyl sites for hydroxylation is 2. The van der Waals surface area contributed by atoms with Crippen molar-refractivity contribution < 1.29 is 4.74 Å². The third-order valence-electron chi connectivity index (χ3n) is 2.96. The highest BCUT2D eigenvalue weighted by Gasteiger charge is 2.10. The average molecular weight is 254 g/mol. The molecule has 0 radical (unpaired) electrons. The van der Waals surface area contributed by atoms with Crippen LogP contribution in [-0.4, -0.2) is 14.8 Å². The van der Waals surface area contributed by atoms with Crippen LogP contribution < -0.4 is 10.5 Å². The number of nitrogens with two attached hydrogens (primary N) is 1. The van der Waals surface area contributed by atoms with E-state index in [0.29, 0.717) is 17.3 Å². The third kappa shape index (κ3) is 1.99. The summed E-state index contributed by atoms with van der Waals surface area (Å²) < 4.78 is 7.50. The number of hydrogen-bond donors (Lipinski definition) is 1. The number of hydrogen-bond acceptors (Lipinski definition) is 4. The summed E-state index contributed by atoms with van der Waals surface area (Å²) >= 11 is 0. The summed E-state index contributed by atoms with van der Waals surface area (Å²) in [7, 11) is 1.83. The molecule has 0 saturated carbocycles. The maximum absolute atomic E-state index is 6.13. The Kier molecular flexibility index (Phi) is 2.59. The van der Waals surface area contributed by atoms with Crippen molar-refractivity contribution in [1.29, 1.82) is 0 Å². The number of nitrogens with zero attached hydrogens (tertiary/aromatic N) is 3. The predicted molar refractivity (Wildman–Crippen MR) is 74.2 cm³/mol. The Labute approximate surface area is 110 Å². The van der Waals surface area contributed by atoms with Gasteiger partial charge in [0.1, 0.15) is 0 Å². The predicted octanol–water partition coefficient (Wildman–Crippen LogP) is 2.65. The second kappa shape index (κ2) is 4.28. The Morgan fingerprint density at radius 2 is 2.11 bits per heavy atom. The smallest absolute Gasteiger partial charge is 0.217 e. The minimum absolute atomic E-state index is 0.587. The van der Waals surface area contributed by atoms with Crippen molar-refractivity contribution >= 4 is 16.6 Å². The lowest BCUT2D eigenvalue weighted by atomic mass is 10.1. The van der Waals surface area contributed by atoms with E-state index in [1.807, 2.05) is 44.3 Å². The van der Waals surface area contributed by atoms with E-state index in [2.05, 4.69) is 10.1 Å². The number of benzene rings is 1. The van der Waals surface area contributed by atoms with E-state index in [0.717, 1.165) is 16.6 Å². The first-order valence-electron chi connectivity index (χ1n) is 5.97. The number of rotatable bonds is 2. The maximum Gasteiger partial charge on any atom is 0.217 e. The molecule has 19 heavy (non-hydrogen) atoms. The third-order valence-corrected chi connectivity index (χ3v) is 2.96. The Balaban J connectivity index is 2.06. The number of fused-ring (bicyclic) bond motifs is 1. The molecule has 0 saturated heterocycles. The highest BCUT2D eigenvalue weighted by Crippen LogP contribution is 2.32. The number of pyridine rings is 1. The molecule has 2 heterocycles. The number of ether oxygens (including phenoxy) is 1. The highest BCUT2D eigenvalue weighted by molar-refractivity contribution is 5.93. The molecule has 3 rings (SSSR count). The van der Waals surface area contributed by atoms with E-state index in [1.54, 1.807) is 10.9 Å². The molecular weight excluding hydrogens is 240 g/mol. The molecule has 0 fully saturated rings. The minimum atomic E-state index is 0.587. The molecule has 0 bridgehead atoms. The summed E-state index contributed by atoms with van der Waals surface area (Å²) in [5.74, 6) is 1.27. The van der Waals surface area contributed by atoms with Gasteiger partial charge in [-0.1, -0.05) is 0 Å². The Morgan fingerprint density at radius 3 is 2.84 bits per heavy atom. The largest absolute Gasteiger partial charge is 0.437 e. The Morgan fingerprint density at radius 1 is 1.26 bits per heavy atom. The van der Waals surface area contributed by atoms with Crippen molar-refractivity contribution in [2.75, 3.05) is 5.73 Å². The van der Waals surface area contributed by atoms with Gasteiger partial charge in [0.05, 0.1) is 16.9 Å². The van der Waals surface area contributed by atoms with Crippen LogP contribution in [0.5, 0.6) is 11.6 Å². The van der Waals surface area contributed by atoms with Crippen molar-refractivity contribution in [2.24, 2.45) is 7.05 Å². The fourth-order valence-corrected chi connectivity index (χ4v) is 2.04. The van der Waals surface area contributed by atoms with Gasteiger partial charge >= 0.3 is 0 Å². The molecule has 2 aromatic heterocycles. The zero-order chi connectivity index (χ0) is 13.4. The lowest BCUT2D eigenvalue weighted by molar-refractivity contribution is 0.433. The fraction of sp³-hybridized carbons (Fsp3) is 0.143. The molecule has 0 atom stereocenters. The van der Waals surface area contributed by atoms with E-state index in [4.69, 9.17) is 10.5 Å². The topological polar surface area (TPSA) is 66.0 Å². The standard InChI is InChI=1S/C14H14N4O/c1-9-8-13(18(2)17-9)19-12-6-5-11-10(14(12)15)4-3-7-16-11/h3-8H,15H2,1-2H3. The van der Waals surface area contributed by atoms with Crippen molar-refractivity contribution in [3.8, 4) is 11.6 Å². The first kappa shape index (κ1) is 11.5. The van der Waals surface area contributed by atoms with Crippen LogP contribution in [0.2, 0.25) is 0 Å². The van der Waals surface area contributed by atoms with Gasteiger partial charge in [0.15, 0.2) is 5.75 Å². The van der Waals surface area contributed by atoms with Crippen LogP contribution in [0.25, 0.3) is 10.9 Å². The average Bonchev–Trinajstić information content (AvgIpc) is 2.72. The first-order chi connectivity index (χ1) is 9.15.